The van der Waals surface area contributed by atoms with E-state index in [1.54, 1.807) is 6.92 Å². The first kappa shape index (κ1) is 26.0. The molecule has 0 N–H and O–H groups in total. The van der Waals surface area contributed by atoms with Crippen molar-refractivity contribution in [3.63, 3.8) is 0 Å². The largest absolute Gasteiger partial charge is 0.494 e. The van der Waals surface area contributed by atoms with Crippen LogP contribution in [0.25, 0.3) is 0 Å². The fourth-order valence-corrected chi connectivity index (χ4v) is 7.80. The number of ether oxygens (including phenoxy) is 1. The summed E-state index contributed by atoms with van der Waals surface area (Å²) < 4.78 is 18.8. The van der Waals surface area contributed by atoms with Gasteiger partial charge in [-0.25, -0.2) is 0 Å². The van der Waals surface area contributed by atoms with Crippen LogP contribution >= 0.6 is 0 Å². The van der Waals surface area contributed by atoms with Crippen molar-refractivity contribution in [1.29, 1.82) is 0 Å². The number of carbonyl (C=O) groups is 2. The minimum Gasteiger partial charge on any atom is -0.399 e. The van der Waals surface area contributed by atoms with E-state index in [9.17, 15) is 9.59 Å². The van der Waals surface area contributed by atoms with Crippen molar-refractivity contribution >= 4 is 30.1 Å². The fraction of sp³-hybridized carbons (Fsp3) is 0.733. The molecule has 6 aliphatic rings. The summed E-state index contributed by atoms with van der Waals surface area (Å²) in [4.78, 5) is 33.1. The second-order valence-corrected chi connectivity index (χ2v) is 13.8. The molecule has 1 saturated carbocycles. The summed E-state index contributed by atoms with van der Waals surface area (Å²) in [6.07, 6.45) is 6.47. The van der Waals surface area contributed by atoms with Crippen molar-refractivity contribution in [2.75, 3.05) is 31.1 Å². The van der Waals surface area contributed by atoms with Crippen LogP contribution in [-0.4, -0.2) is 90.4 Å². The lowest BCUT2D eigenvalue weighted by Gasteiger charge is -2.49. The third-order valence-corrected chi connectivity index (χ3v) is 11.1. The Balaban J connectivity index is 1.18. The SMILES string of the molecule is CC(=O)N1CCC2(CC1)C(=O)N([C@H]1C[C@@H](N3CC4CCC(C3)O4)C1)c1cc(B3OC(C)(C)C(C)(C)O3)ccc12. The van der Waals surface area contributed by atoms with Gasteiger partial charge < -0.3 is 23.8 Å². The van der Waals surface area contributed by atoms with Crippen LogP contribution in [0.15, 0.2) is 18.2 Å². The van der Waals surface area contributed by atoms with Gasteiger partial charge in [0.25, 0.3) is 0 Å². The van der Waals surface area contributed by atoms with Gasteiger partial charge in [-0.2, -0.15) is 0 Å². The number of hydrogen-bond donors (Lipinski definition) is 0. The topological polar surface area (TPSA) is 71.6 Å². The minimum atomic E-state index is -0.557. The molecule has 9 heteroatoms. The molecule has 0 aromatic heterocycles. The molecule has 1 aliphatic carbocycles. The Kier molecular flexibility index (Phi) is 5.85. The Bertz CT molecular complexity index is 1160. The van der Waals surface area contributed by atoms with E-state index in [1.165, 1.54) is 12.8 Å². The van der Waals surface area contributed by atoms with Crippen LogP contribution in [0.2, 0.25) is 0 Å². The van der Waals surface area contributed by atoms with Crippen molar-refractivity contribution in [2.24, 2.45) is 0 Å². The van der Waals surface area contributed by atoms with E-state index in [1.807, 2.05) is 4.90 Å². The first-order valence-electron chi connectivity index (χ1n) is 15.0. The fourth-order valence-electron chi connectivity index (χ4n) is 7.80. The Morgan fingerprint density at radius 3 is 2.15 bits per heavy atom. The maximum Gasteiger partial charge on any atom is 0.494 e. The van der Waals surface area contributed by atoms with Crippen LogP contribution in [0.5, 0.6) is 0 Å². The maximum absolute atomic E-state index is 14.4. The van der Waals surface area contributed by atoms with E-state index >= 15 is 0 Å². The van der Waals surface area contributed by atoms with Crippen LogP contribution in [0.4, 0.5) is 5.69 Å². The Hall–Kier alpha value is -1.94. The van der Waals surface area contributed by atoms with E-state index in [0.717, 1.165) is 42.6 Å². The molecular formula is C30H42BN3O5. The van der Waals surface area contributed by atoms with E-state index in [2.05, 4.69) is 55.7 Å². The van der Waals surface area contributed by atoms with Crippen LogP contribution in [0.1, 0.15) is 78.7 Å². The van der Waals surface area contributed by atoms with E-state index in [-0.39, 0.29) is 17.9 Å². The molecule has 4 saturated heterocycles. The van der Waals surface area contributed by atoms with Crippen molar-refractivity contribution in [3.8, 4) is 0 Å². The number of piperidine rings is 1. The monoisotopic (exact) mass is 535 g/mol. The number of carbonyl (C=O) groups excluding carboxylic acids is 2. The molecule has 39 heavy (non-hydrogen) atoms. The summed E-state index contributed by atoms with van der Waals surface area (Å²) in [5, 5.41) is 0. The molecule has 2 amide bonds. The van der Waals surface area contributed by atoms with Crippen molar-refractivity contribution in [1.82, 2.24) is 9.80 Å². The Morgan fingerprint density at radius 2 is 1.56 bits per heavy atom. The zero-order valence-corrected chi connectivity index (χ0v) is 24.1. The number of rotatable bonds is 3. The molecule has 2 unspecified atom stereocenters. The van der Waals surface area contributed by atoms with Gasteiger partial charge in [0.2, 0.25) is 11.8 Å². The molecule has 1 spiro atoms. The summed E-state index contributed by atoms with van der Waals surface area (Å²) in [6, 6.07) is 7.10. The highest BCUT2D eigenvalue weighted by Gasteiger charge is 2.57. The highest BCUT2D eigenvalue weighted by atomic mass is 16.7. The number of fused-ring (bicyclic) bond motifs is 4. The first-order valence-corrected chi connectivity index (χ1v) is 15.0. The molecule has 5 fully saturated rings. The van der Waals surface area contributed by atoms with Gasteiger partial charge in [0.15, 0.2) is 0 Å². The van der Waals surface area contributed by atoms with Gasteiger partial charge in [0.05, 0.1) is 28.8 Å². The maximum atomic E-state index is 14.4. The average molecular weight is 535 g/mol. The minimum absolute atomic E-state index is 0.0878. The smallest absolute Gasteiger partial charge is 0.399 e. The average Bonchev–Trinajstić information content (AvgIpc) is 3.40. The van der Waals surface area contributed by atoms with Crippen LogP contribution in [0, 0.1) is 0 Å². The van der Waals surface area contributed by atoms with E-state index in [0.29, 0.717) is 44.2 Å². The van der Waals surface area contributed by atoms with Crippen LogP contribution in [0.3, 0.4) is 0 Å². The molecular weight excluding hydrogens is 493 g/mol. The third kappa shape index (κ3) is 3.94. The summed E-state index contributed by atoms with van der Waals surface area (Å²) in [5.41, 5.74) is 1.69. The highest BCUT2D eigenvalue weighted by molar-refractivity contribution is 6.62. The number of likely N-dealkylation sites (tertiary alicyclic amines) is 2. The van der Waals surface area contributed by atoms with E-state index < -0.39 is 23.7 Å². The van der Waals surface area contributed by atoms with Crippen molar-refractivity contribution < 1.29 is 23.6 Å². The highest BCUT2D eigenvalue weighted by Crippen LogP contribution is 2.51. The molecule has 0 radical (unpaired) electrons. The second-order valence-electron chi connectivity index (χ2n) is 13.8. The van der Waals surface area contributed by atoms with Gasteiger partial charge in [-0.1, -0.05) is 12.1 Å². The van der Waals surface area contributed by atoms with Crippen LogP contribution in [-0.2, 0) is 29.0 Å². The number of hydrogen-bond acceptors (Lipinski definition) is 6. The Labute approximate surface area is 232 Å². The normalized spacial score (nSPS) is 34.5. The number of nitrogens with zero attached hydrogens (tertiary/aromatic N) is 3. The molecule has 2 bridgehead atoms. The number of amides is 2. The molecule has 7 rings (SSSR count). The van der Waals surface area contributed by atoms with Crippen molar-refractivity contribution in [3.05, 3.63) is 23.8 Å². The molecule has 210 valence electrons. The third-order valence-electron chi connectivity index (χ3n) is 11.1. The quantitative estimate of drug-likeness (QED) is 0.555. The molecule has 1 aromatic carbocycles. The zero-order chi connectivity index (χ0) is 27.3. The molecule has 5 heterocycles. The second kappa shape index (κ2) is 8.78. The number of benzene rings is 1. The summed E-state index contributed by atoms with van der Waals surface area (Å²) in [5.74, 6) is 0.307. The van der Waals surface area contributed by atoms with Gasteiger partial charge in [0.1, 0.15) is 0 Å². The lowest BCUT2D eigenvalue weighted by Crippen LogP contribution is -2.60. The lowest BCUT2D eigenvalue weighted by molar-refractivity contribution is -0.134. The molecule has 1 aromatic rings. The predicted octanol–water partition coefficient (Wildman–Crippen LogP) is 2.61. The van der Waals surface area contributed by atoms with Gasteiger partial charge in [-0.3, -0.25) is 14.5 Å². The lowest BCUT2D eigenvalue weighted by atomic mass is 9.71. The van der Waals surface area contributed by atoms with Gasteiger partial charge in [-0.05, 0) is 83.3 Å². The molecule has 8 nitrogen and oxygen atoms in total. The number of anilines is 1. The summed E-state index contributed by atoms with van der Waals surface area (Å²) in [7, 11) is -0.466. The molecule has 5 aliphatic heterocycles. The Morgan fingerprint density at radius 1 is 0.949 bits per heavy atom. The summed E-state index contributed by atoms with van der Waals surface area (Å²) >= 11 is 0. The van der Waals surface area contributed by atoms with E-state index in [4.69, 9.17) is 14.0 Å². The van der Waals surface area contributed by atoms with Crippen molar-refractivity contribution in [2.45, 2.75) is 114 Å². The summed E-state index contributed by atoms with van der Waals surface area (Å²) in [6.45, 7) is 13.2. The van der Waals surface area contributed by atoms with Gasteiger partial charge in [0, 0.05) is 50.9 Å². The van der Waals surface area contributed by atoms with Gasteiger partial charge >= 0.3 is 7.12 Å². The van der Waals surface area contributed by atoms with Gasteiger partial charge in [-0.15, -0.1) is 0 Å². The molecule has 2 atom stereocenters. The zero-order valence-electron chi connectivity index (χ0n) is 24.1. The standard InChI is InChI=1S/C30H42BN3O5/c1-19(35)32-12-10-30(11-13-32)25-9-6-20(31-38-28(2,3)29(4,5)39-31)14-26(25)34(27(30)36)22-15-21(16-22)33-17-23-7-8-24(18-33)37-23/h6,9,14,21-24H,7-8,10-13,15-18H2,1-5H3/t21-,22+,23?,24?. The number of morpholine rings is 1. The predicted molar refractivity (Wildman–Crippen MR) is 149 cm³/mol. The first-order chi connectivity index (χ1) is 18.5. The van der Waals surface area contributed by atoms with Crippen LogP contribution < -0.4 is 10.4 Å².